The molecule has 2 aromatic carbocycles. The number of hydrogen-bond donors (Lipinski definition) is 1. The van der Waals surface area contributed by atoms with Gasteiger partial charge in [-0.15, -0.1) is 0 Å². The topological polar surface area (TPSA) is 90.3 Å². The van der Waals surface area contributed by atoms with Crippen molar-refractivity contribution in [1.82, 2.24) is 14.3 Å². The molecule has 160 valence electrons. The van der Waals surface area contributed by atoms with Crippen molar-refractivity contribution in [3.63, 3.8) is 0 Å². The molecule has 0 aliphatic carbocycles. The SMILES string of the molecule is Cn1c(=O)c(-c2ccc(Cl)cc2Cl)cc2c3cc(-c4cc(C(=O)O)no4)ccc3n(C)c21. The number of rotatable bonds is 3. The van der Waals surface area contributed by atoms with E-state index in [9.17, 15) is 9.59 Å². The number of aromatic nitrogens is 3. The Morgan fingerprint density at radius 2 is 1.75 bits per heavy atom. The number of halogens is 2. The van der Waals surface area contributed by atoms with E-state index in [2.05, 4.69) is 5.16 Å². The van der Waals surface area contributed by atoms with Crippen LogP contribution in [0.3, 0.4) is 0 Å². The second-order valence-corrected chi connectivity index (χ2v) is 8.30. The van der Waals surface area contributed by atoms with Gasteiger partial charge >= 0.3 is 5.97 Å². The van der Waals surface area contributed by atoms with Gasteiger partial charge in [0.2, 0.25) is 0 Å². The Labute approximate surface area is 191 Å². The van der Waals surface area contributed by atoms with Crippen molar-refractivity contribution < 1.29 is 14.4 Å². The van der Waals surface area contributed by atoms with Crippen molar-refractivity contribution in [2.75, 3.05) is 0 Å². The van der Waals surface area contributed by atoms with Crippen molar-refractivity contribution in [2.45, 2.75) is 0 Å². The highest BCUT2D eigenvalue weighted by molar-refractivity contribution is 6.36. The average molecular weight is 468 g/mol. The molecule has 0 amide bonds. The molecule has 7 nitrogen and oxygen atoms in total. The lowest BCUT2D eigenvalue weighted by atomic mass is 10.0. The summed E-state index contributed by atoms with van der Waals surface area (Å²) in [6.07, 6.45) is 0. The quantitative estimate of drug-likeness (QED) is 0.385. The maximum absolute atomic E-state index is 13.2. The lowest BCUT2D eigenvalue weighted by Crippen LogP contribution is -2.20. The molecular weight excluding hydrogens is 453 g/mol. The minimum Gasteiger partial charge on any atom is -0.476 e. The van der Waals surface area contributed by atoms with E-state index < -0.39 is 5.97 Å². The molecule has 0 saturated carbocycles. The maximum Gasteiger partial charge on any atom is 0.358 e. The molecule has 32 heavy (non-hydrogen) atoms. The monoisotopic (exact) mass is 467 g/mol. The van der Waals surface area contributed by atoms with Crippen LogP contribution in [0.2, 0.25) is 10.0 Å². The zero-order chi connectivity index (χ0) is 22.7. The van der Waals surface area contributed by atoms with Gasteiger partial charge in [-0.3, -0.25) is 9.36 Å². The summed E-state index contributed by atoms with van der Waals surface area (Å²) < 4.78 is 8.75. The lowest BCUT2D eigenvalue weighted by molar-refractivity contribution is 0.0686. The highest BCUT2D eigenvalue weighted by Crippen LogP contribution is 2.35. The summed E-state index contributed by atoms with van der Waals surface area (Å²) in [4.78, 5) is 24.3. The molecular formula is C23H15Cl2N3O4. The molecule has 0 bridgehead atoms. The van der Waals surface area contributed by atoms with E-state index in [1.165, 1.54) is 6.07 Å². The van der Waals surface area contributed by atoms with Crippen LogP contribution >= 0.6 is 23.2 Å². The van der Waals surface area contributed by atoms with Crippen LogP contribution in [0.25, 0.3) is 44.4 Å². The Kier molecular flexibility index (Phi) is 4.62. The first-order chi connectivity index (χ1) is 15.3. The largest absolute Gasteiger partial charge is 0.476 e. The van der Waals surface area contributed by atoms with Gasteiger partial charge in [-0.2, -0.15) is 0 Å². The predicted molar refractivity (Wildman–Crippen MR) is 124 cm³/mol. The number of carboxylic acids is 1. The first kappa shape index (κ1) is 20.4. The molecule has 1 N–H and O–H groups in total. The fraction of sp³-hybridized carbons (Fsp3) is 0.0870. The molecule has 0 unspecified atom stereocenters. The number of fused-ring (bicyclic) bond motifs is 3. The Balaban J connectivity index is 1.81. The van der Waals surface area contributed by atoms with Gasteiger partial charge in [0.05, 0.1) is 10.5 Å². The molecule has 9 heteroatoms. The number of nitrogens with zero attached hydrogens (tertiary/aromatic N) is 3. The van der Waals surface area contributed by atoms with Gasteiger partial charge in [-0.05, 0) is 36.4 Å². The van der Waals surface area contributed by atoms with Crippen LogP contribution in [0, 0.1) is 0 Å². The normalized spacial score (nSPS) is 11.5. The third kappa shape index (κ3) is 3.01. The van der Waals surface area contributed by atoms with Crippen molar-refractivity contribution >= 4 is 51.1 Å². The van der Waals surface area contributed by atoms with Crippen LogP contribution in [0.5, 0.6) is 0 Å². The summed E-state index contributed by atoms with van der Waals surface area (Å²) in [5, 5.41) is 15.3. The van der Waals surface area contributed by atoms with Crippen LogP contribution in [0.4, 0.5) is 0 Å². The number of benzene rings is 2. The zero-order valence-corrected chi connectivity index (χ0v) is 18.4. The Morgan fingerprint density at radius 3 is 2.44 bits per heavy atom. The van der Waals surface area contributed by atoms with E-state index in [0.29, 0.717) is 32.5 Å². The minimum atomic E-state index is -1.16. The van der Waals surface area contributed by atoms with E-state index in [1.54, 1.807) is 29.8 Å². The van der Waals surface area contributed by atoms with Crippen molar-refractivity contribution in [1.29, 1.82) is 0 Å². The van der Waals surface area contributed by atoms with Crippen LogP contribution in [0.15, 0.2) is 57.8 Å². The van der Waals surface area contributed by atoms with E-state index in [4.69, 9.17) is 32.8 Å². The summed E-state index contributed by atoms with van der Waals surface area (Å²) in [6.45, 7) is 0. The first-order valence-corrected chi connectivity index (χ1v) is 10.3. The van der Waals surface area contributed by atoms with Gasteiger partial charge in [-0.25, -0.2) is 4.79 Å². The molecule has 0 fully saturated rings. The fourth-order valence-corrected chi connectivity index (χ4v) is 4.57. The van der Waals surface area contributed by atoms with Gasteiger partial charge in [0, 0.05) is 52.6 Å². The molecule has 0 spiro atoms. The summed E-state index contributed by atoms with van der Waals surface area (Å²) in [7, 11) is 3.60. The number of carboxylic acid groups (broad SMARTS) is 1. The molecule has 0 saturated heterocycles. The Morgan fingerprint density at radius 1 is 0.969 bits per heavy atom. The second-order valence-electron chi connectivity index (χ2n) is 7.46. The highest BCUT2D eigenvalue weighted by atomic mass is 35.5. The summed E-state index contributed by atoms with van der Waals surface area (Å²) >= 11 is 12.4. The van der Waals surface area contributed by atoms with Gasteiger partial charge in [0.25, 0.3) is 5.56 Å². The maximum atomic E-state index is 13.2. The van der Waals surface area contributed by atoms with Crippen molar-refractivity contribution in [2.24, 2.45) is 14.1 Å². The molecule has 3 aromatic heterocycles. The fourth-order valence-electron chi connectivity index (χ4n) is 4.06. The zero-order valence-electron chi connectivity index (χ0n) is 16.9. The number of hydrogen-bond acceptors (Lipinski definition) is 4. The molecule has 0 atom stereocenters. The van der Waals surface area contributed by atoms with E-state index in [-0.39, 0.29) is 11.3 Å². The molecule has 0 aliphatic heterocycles. The highest BCUT2D eigenvalue weighted by Gasteiger charge is 2.19. The number of carbonyl (C=O) groups is 1. The van der Waals surface area contributed by atoms with Crippen LogP contribution < -0.4 is 5.56 Å². The van der Waals surface area contributed by atoms with E-state index in [1.807, 2.05) is 35.9 Å². The smallest absolute Gasteiger partial charge is 0.358 e. The van der Waals surface area contributed by atoms with Gasteiger partial charge in [0.1, 0.15) is 5.65 Å². The summed E-state index contributed by atoms with van der Waals surface area (Å²) in [5.74, 6) is -0.821. The first-order valence-electron chi connectivity index (χ1n) is 9.54. The second kappa shape index (κ2) is 7.25. The molecule has 0 aliphatic rings. The van der Waals surface area contributed by atoms with Crippen molar-refractivity contribution in [3.8, 4) is 22.5 Å². The number of aromatic carboxylic acids is 1. The van der Waals surface area contributed by atoms with Crippen LogP contribution in [-0.2, 0) is 14.1 Å². The predicted octanol–water partition coefficient (Wildman–Crippen LogP) is 5.36. The molecule has 0 radical (unpaired) electrons. The number of pyridine rings is 1. The Bertz CT molecular complexity index is 1630. The summed E-state index contributed by atoms with van der Waals surface area (Å²) in [6, 6.07) is 13.8. The van der Waals surface area contributed by atoms with Gasteiger partial charge in [0.15, 0.2) is 11.5 Å². The van der Waals surface area contributed by atoms with Crippen LogP contribution in [-0.4, -0.2) is 25.4 Å². The lowest BCUT2D eigenvalue weighted by Gasteiger charge is -2.09. The molecule has 3 heterocycles. The number of aryl methyl sites for hydroxylation is 2. The summed E-state index contributed by atoms with van der Waals surface area (Å²) in [5.41, 5.74) is 3.00. The average Bonchev–Trinajstić information content (AvgIpc) is 3.35. The van der Waals surface area contributed by atoms with E-state index >= 15 is 0 Å². The third-order valence-electron chi connectivity index (χ3n) is 5.58. The van der Waals surface area contributed by atoms with Crippen molar-refractivity contribution in [3.05, 3.63) is 74.6 Å². The van der Waals surface area contributed by atoms with Gasteiger partial charge in [-0.1, -0.05) is 34.4 Å². The standard InChI is InChI=1S/C23H15Cl2N3O4/c1-27-19-6-3-11(20-10-18(23(30)31)26-32-20)7-14(19)15-9-16(22(29)28(2)21(15)27)13-5-4-12(24)8-17(13)25/h3-10H,1-2H3,(H,30,31). The minimum absolute atomic E-state index is 0.167. The van der Waals surface area contributed by atoms with E-state index in [0.717, 1.165) is 21.9 Å². The molecule has 5 aromatic rings. The Hall–Kier alpha value is -3.55. The molecule has 5 rings (SSSR count). The third-order valence-corrected chi connectivity index (χ3v) is 6.13. The van der Waals surface area contributed by atoms with Crippen LogP contribution in [0.1, 0.15) is 10.5 Å². The van der Waals surface area contributed by atoms with Gasteiger partial charge < -0.3 is 14.2 Å².